The molecule has 0 aliphatic carbocycles. The Balaban J connectivity index is 2.35. The fourth-order valence-corrected chi connectivity index (χ4v) is 7.60. The first-order valence-electron chi connectivity index (χ1n) is 21.8. The smallest absolute Gasteiger partial charge is 0.333 e. The van der Waals surface area contributed by atoms with Crippen LogP contribution in [0.4, 0.5) is 0 Å². The number of ether oxygens (including phenoxy) is 2. The van der Waals surface area contributed by atoms with Gasteiger partial charge in [-0.25, -0.2) is 4.79 Å². The van der Waals surface area contributed by atoms with Gasteiger partial charge in [0, 0.05) is 54.9 Å². The minimum Gasteiger partial charge on any atom is -0.459 e. The number of allylic oxidation sites excluding steroid dienone is 6. The van der Waals surface area contributed by atoms with Gasteiger partial charge in [0.1, 0.15) is 11.9 Å². The van der Waals surface area contributed by atoms with Crippen LogP contribution in [0.1, 0.15) is 133 Å². The van der Waals surface area contributed by atoms with Crippen molar-refractivity contribution in [3.63, 3.8) is 0 Å². The zero-order valence-corrected chi connectivity index (χ0v) is 37.5. The number of hydrogen-bond donors (Lipinski definition) is 7. The Kier molecular flexibility index (Phi) is 22.4. The van der Waals surface area contributed by atoms with Crippen LogP contribution in [-0.4, -0.2) is 102 Å². The number of carbonyl (C=O) groups is 2. The summed E-state index contributed by atoms with van der Waals surface area (Å²) in [5.41, 5.74) is 2.52. The predicted octanol–water partition coefficient (Wildman–Crippen LogP) is 6.73. The number of esters is 1. The number of fused-ring (bicyclic) bond motifs is 2. The average Bonchev–Trinajstić information content (AvgIpc) is 3.18. The van der Waals surface area contributed by atoms with Crippen molar-refractivity contribution in [2.45, 2.75) is 188 Å². The molecule has 1 fully saturated rings. The maximum Gasteiger partial charge on any atom is 0.333 e. The average molecular weight is 831 g/mol. The molecule has 0 aromatic heterocycles. The highest BCUT2D eigenvalue weighted by Gasteiger charge is 2.41. The number of aliphatic hydroxyl groups is 7. The fourth-order valence-electron chi connectivity index (χ4n) is 7.60. The molecule has 336 valence electrons. The van der Waals surface area contributed by atoms with E-state index in [4.69, 9.17) is 9.47 Å². The van der Waals surface area contributed by atoms with Gasteiger partial charge in [0.05, 0.1) is 42.7 Å². The summed E-state index contributed by atoms with van der Waals surface area (Å²) in [7, 11) is 0. The molecule has 2 heterocycles. The van der Waals surface area contributed by atoms with Gasteiger partial charge in [-0.05, 0) is 77.7 Å². The van der Waals surface area contributed by atoms with Crippen LogP contribution < -0.4 is 0 Å². The van der Waals surface area contributed by atoms with Crippen molar-refractivity contribution in [2.24, 2.45) is 29.6 Å². The number of ketones is 1. The minimum absolute atomic E-state index is 0.0661. The van der Waals surface area contributed by atoms with Gasteiger partial charge in [-0.3, -0.25) is 4.79 Å². The number of Topliss-reactive ketones (excluding diaryl/α,β-unsaturated/α-hetero) is 1. The Hall–Kier alpha value is -2.74. The summed E-state index contributed by atoms with van der Waals surface area (Å²) in [6.45, 7) is 18.2. The van der Waals surface area contributed by atoms with Crippen molar-refractivity contribution in [2.75, 3.05) is 0 Å². The Bertz CT molecular complexity index is 1510. The Morgan fingerprint density at radius 1 is 0.949 bits per heavy atom. The monoisotopic (exact) mass is 831 g/mol. The van der Waals surface area contributed by atoms with E-state index in [1.165, 1.54) is 6.08 Å². The van der Waals surface area contributed by atoms with Crippen LogP contribution in [0.5, 0.6) is 0 Å². The summed E-state index contributed by atoms with van der Waals surface area (Å²) in [4.78, 5) is 26.7. The normalized spacial score (nSPS) is 36.2. The molecule has 0 amide bonds. The van der Waals surface area contributed by atoms with Gasteiger partial charge < -0.3 is 45.2 Å². The highest BCUT2D eigenvalue weighted by Crippen LogP contribution is 2.37. The summed E-state index contributed by atoms with van der Waals surface area (Å²) < 4.78 is 12.2. The van der Waals surface area contributed by atoms with E-state index in [9.17, 15) is 45.3 Å². The lowest BCUT2D eigenvalue weighted by Gasteiger charge is -2.41. The van der Waals surface area contributed by atoms with Crippen LogP contribution in [0.3, 0.4) is 0 Å². The summed E-state index contributed by atoms with van der Waals surface area (Å²) >= 11 is 0. The van der Waals surface area contributed by atoms with Crippen molar-refractivity contribution in [3.8, 4) is 0 Å². The van der Waals surface area contributed by atoms with Gasteiger partial charge in [0.15, 0.2) is 5.79 Å². The predicted molar refractivity (Wildman–Crippen MR) is 232 cm³/mol. The highest BCUT2D eigenvalue weighted by atomic mass is 16.6. The zero-order valence-electron chi connectivity index (χ0n) is 37.5. The van der Waals surface area contributed by atoms with E-state index in [-0.39, 0.29) is 67.7 Å². The van der Waals surface area contributed by atoms with Gasteiger partial charge in [-0.15, -0.1) is 0 Å². The van der Waals surface area contributed by atoms with Gasteiger partial charge in [0.2, 0.25) is 0 Å². The topological polar surface area (TPSA) is 194 Å². The molecule has 11 nitrogen and oxygen atoms in total. The molecular weight excluding hydrogens is 753 g/mol. The summed E-state index contributed by atoms with van der Waals surface area (Å²) in [5, 5.41) is 75.9. The molecule has 2 rings (SSSR count). The van der Waals surface area contributed by atoms with Gasteiger partial charge in [0.25, 0.3) is 0 Å². The molecule has 0 radical (unpaired) electrons. The zero-order chi connectivity index (χ0) is 44.6. The number of rotatable bonds is 10. The maximum atomic E-state index is 13.5. The molecule has 2 aliphatic rings. The number of aliphatic hydroxyl groups excluding tert-OH is 6. The first kappa shape index (κ1) is 52.4. The van der Waals surface area contributed by atoms with Crippen LogP contribution in [0, 0.1) is 29.6 Å². The molecule has 2 bridgehead atoms. The molecule has 0 saturated carbocycles. The third kappa shape index (κ3) is 17.6. The highest BCUT2D eigenvalue weighted by molar-refractivity contribution is 5.87. The third-order valence-corrected chi connectivity index (χ3v) is 12.4. The van der Waals surface area contributed by atoms with E-state index in [1.54, 1.807) is 40.7 Å². The van der Waals surface area contributed by atoms with Crippen molar-refractivity contribution in [1.29, 1.82) is 0 Å². The van der Waals surface area contributed by atoms with E-state index >= 15 is 0 Å². The lowest BCUT2D eigenvalue weighted by atomic mass is 9.85. The van der Waals surface area contributed by atoms with E-state index in [0.29, 0.717) is 42.4 Å². The van der Waals surface area contributed by atoms with Crippen molar-refractivity contribution in [1.82, 2.24) is 0 Å². The van der Waals surface area contributed by atoms with Gasteiger partial charge >= 0.3 is 5.97 Å². The van der Waals surface area contributed by atoms with Gasteiger partial charge in [-0.1, -0.05) is 101 Å². The van der Waals surface area contributed by atoms with Crippen molar-refractivity contribution < 1.29 is 54.8 Å². The van der Waals surface area contributed by atoms with Crippen LogP contribution in [0.15, 0.2) is 70.9 Å². The number of hydrogen-bond acceptors (Lipinski definition) is 11. The molecule has 7 N–H and O–H groups in total. The third-order valence-electron chi connectivity index (χ3n) is 12.4. The summed E-state index contributed by atoms with van der Waals surface area (Å²) in [6.07, 6.45) is 10.5. The van der Waals surface area contributed by atoms with Crippen molar-refractivity contribution >= 4 is 11.8 Å². The molecule has 2 aliphatic heterocycles. The first-order valence-corrected chi connectivity index (χ1v) is 21.8. The second-order valence-electron chi connectivity index (χ2n) is 17.9. The Labute approximate surface area is 354 Å². The van der Waals surface area contributed by atoms with E-state index in [0.717, 1.165) is 12.0 Å². The van der Waals surface area contributed by atoms with Crippen LogP contribution in [0.2, 0.25) is 0 Å². The van der Waals surface area contributed by atoms with Crippen LogP contribution >= 0.6 is 0 Å². The standard InChI is InChI=1S/C48H78O11/c1-11-39(49)37(10)43(53)27-45(55)44(54)25-30(3)24-35(8)46-28-42(52)32(5)16-14-12-13-15-31(4)41(51)26-38-19-18-36(9)48(57,59-38)22-21-29(2)23-34(7)40(50)20-17-33(6)47(56)58-46/h12-14,16-17,21,23,25,31-32,35-40,42-46,49-50,52-55,57H,11,15,18-20,22,24,26-28H2,1-10H3/b13-12+,16-14+,29-21-,30-25+,33-17+,34-23+. The molecule has 14 unspecified atom stereocenters. The summed E-state index contributed by atoms with van der Waals surface area (Å²) in [5.74, 6) is -3.41. The fraction of sp³-hybridized carbons (Fsp3) is 0.708. The molecular formula is C48H78O11. The van der Waals surface area contributed by atoms with Crippen LogP contribution in [-0.2, 0) is 19.1 Å². The van der Waals surface area contributed by atoms with E-state index in [2.05, 4.69) is 0 Å². The lowest BCUT2D eigenvalue weighted by molar-refractivity contribution is -0.277. The number of carbonyl (C=O) groups excluding carboxylic acids is 2. The van der Waals surface area contributed by atoms with Gasteiger partial charge in [-0.2, -0.15) is 0 Å². The quantitative estimate of drug-likeness (QED) is 0.0912. The van der Waals surface area contributed by atoms with E-state index < -0.39 is 60.4 Å². The first-order chi connectivity index (χ1) is 27.6. The van der Waals surface area contributed by atoms with Crippen molar-refractivity contribution in [3.05, 3.63) is 70.9 Å². The van der Waals surface area contributed by atoms with E-state index in [1.807, 2.05) is 71.1 Å². The SMILES string of the molecule is CCC(O)C(C)C(O)CC(O)C(O)/C=C(\C)CC(C)C1CC(O)C(C)/C=C/C=C/CC(C)C(=O)CC2CCC(C)C(O)(C/C=C(C)\C=C(/C)C(O)C/C=C(\C)C(=O)O1)O2. The Morgan fingerprint density at radius 2 is 1.63 bits per heavy atom. The molecule has 0 aromatic carbocycles. The van der Waals surface area contributed by atoms with Crippen LogP contribution in [0.25, 0.3) is 0 Å². The largest absolute Gasteiger partial charge is 0.459 e. The molecule has 1 saturated heterocycles. The minimum atomic E-state index is -1.41. The molecule has 0 aromatic rings. The lowest BCUT2D eigenvalue weighted by Crippen LogP contribution is -2.47. The molecule has 0 spiro atoms. The second-order valence-corrected chi connectivity index (χ2v) is 17.9. The summed E-state index contributed by atoms with van der Waals surface area (Å²) in [6, 6.07) is 0. The molecule has 59 heavy (non-hydrogen) atoms. The second kappa shape index (κ2) is 25.3. The molecule has 11 heteroatoms. The number of cyclic esters (lactones) is 1. The molecule has 14 atom stereocenters. The Morgan fingerprint density at radius 3 is 2.29 bits per heavy atom. The maximum absolute atomic E-state index is 13.5.